The SMILES string of the molecule is COc1ccc(CN2[C@@H]3CCC[C@H]2CC(=NO)C3)cc1. The molecule has 2 heterocycles. The summed E-state index contributed by atoms with van der Waals surface area (Å²) >= 11 is 0. The average Bonchev–Trinajstić information content (AvgIpc) is 2.47. The van der Waals surface area contributed by atoms with Crippen molar-refractivity contribution in [1.29, 1.82) is 0 Å². The second-order valence-electron chi connectivity index (χ2n) is 5.83. The zero-order chi connectivity index (χ0) is 13.9. The molecule has 0 radical (unpaired) electrons. The zero-order valence-electron chi connectivity index (χ0n) is 12.0. The third-order valence-corrected chi connectivity index (χ3v) is 4.62. The monoisotopic (exact) mass is 274 g/mol. The van der Waals surface area contributed by atoms with Gasteiger partial charge >= 0.3 is 0 Å². The first-order valence-corrected chi connectivity index (χ1v) is 7.38. The first kappa shape index (κ1) is 13.4. The van der Waals surface area contributed by atoms with Gasteiger partial charge in [-0.2, -0.15) is 0 Å². The molecule has 1 aromatic rings. The fourth-order valence-electron chi connectivity index (χ4n) is 3.57. The lowest BCUT2D eigenvalue weighted by Crippen LogP contribution is -2.51. The number of hydrogen-bond acceptors (Lipinski definition) is 4. The number of hydrogen-bond donors (Lipinski definition) is 1. The van der Waals surface area contributed by atoms with Crippen molar-refractivity contribution in [3.05, 3.63) is 29.8 Å². The number of fused-ring (bicyclic) bond motifs is 2. The highest BCUT2D eigenvalue weighted by Gasteiger charge is 2.36. The second kappa shape index (κ2) is 5.83. The van der Waals surface area contributed by atoms with Gasteiger partial charge in [0.1, 0.15) is 5.75 Å². The molecule has 2 aliphatic heterocycles. The van der Waals surface area contributed by atoms with Crippen molar-refractivity contribution in [2.75, 3.05) is 7.11 Å². The fraction of sp³-hybridized carbons (Fsp3) is 0.562. The Morgan fingerprint density at radius 1 is 1.20 bits per heavy atom. The minimum atomic E-state index is 0.538. The summed E-state index contributed by atoms with van der Waals surface area (Å²) in [5.74, 6) is 0.905. The maximum Gasteiger partial charge on any atom is 0.118 e. The topological polar surface area (TPSA) is 45.1 Å². The van der Waals surface area contributed by atoms with Gasteiger partial charge < -0.3 is 9.94 Å². The molecule has 4 heteroatoms. The summed E-state index contributed by atoms with van der Waals surface area (Å²) in [4.78, 5) is 2.60. The van der Waals surface area contributed by atoms with E-state index in [0.29, 0.717) is 12.1 Å². The summed E-state index contributed by atoms with van der Waals surface area (Å²) in [7, 11) is 1.69. The molecular weight excluding hydrogens is 252 g/mol. The summed E-state index contributed by atoms with van der Waals surface area (Å²) in [5.41, 5.74) is 2.30. The molecule has 2 aliphatic rings. The van der Waals surface area contributed by atoms with E-state index in [9.17, 15) is 0 Å². The highest BCUT2D eigenvalue weighted by Crippen LogP contribution is 2.34. The van der Waals surface area contributed by atoms with Crippen LogP contribution in [0, 0.1) is 0 Å². The van der Waals surface area contributed by atoms with Gasteiger partial charge in [0, 0.05) is 31.5 Å². The van der Waals surface area contributed by atoms with E-state index in [1.807, 2.05) is 12.1 Å². The number of rotatable bonds is 3. The van der Waals surface area contributed by atoms with Crippen molar-refractivity contribution >= 4 is 5.71 Å². The van der Waals surface area contributed by atoms with Gasteiger partial charge in [0.25, 0.3) is 0 Å². The molecule has 0 unspecified atom stereocenters. The normalized spacial score (nSPS) is 28.6. The van der Waals surface area contributed by atoms with E-state index in [1.165, 1.54) is 24.8 Å². The van der Waals surface area contributed by atoms with E-state index in [0.717, 1.165) is 30.8 Å². The number of nitrogens with zero attached hydrogens (tertiary/aromatic N) is 2. The van der Waals surface area contributed by atoms with Crippen molar-refractivity contribution in [2.24, 2.45) is 5.16 Å². The van der Waals surface area contributed by atoms with Crippen molar-refractivity contribution in [2.45, 2.75) is 50.7 Å². The molecule has 2 bridgehead atoms. The minimum Gasteiger partial charge on any atom is -0.497 e. The molecule has 2 saturated heterocycles. The Hall–Kier alpha value is -1.55. The lowest BCUT2D eigenvalue weighted by atomic mass is 9.83. The Morgan fingerprint density at radius 3 is 2.40 bits per heavy atom. The van der Waals surface area contributed by atoms with Crippen LogP contribution in [-0.2, 0) is 6.54 Å². The molecule has 0 aliphatic carbocycles. The van der Waals surface area contributed by atoms with Gasteiger partial charge in [-0.3, -0.25) is 4.90 Å². The third-order valence-electron chi connectivity index (χ3n) is 4.62. The van der Waals surface area contributed by atoms with Crippen LogP contribution in [0.3, 0.4) is 0 Å². The molecule has 0 saturated carbocycles. The molecular formula is C16H22N2O2. The number of benzene rings is 1. The maximum absolute atomic E-state index is 9.04. The highest BCUT2D eigenvalue weighted by atomic mass is 16.5. The molecule has 2 atom stereocenters. The van der Waals surface area contributed by atoms with Crippen molar-refractivity contribution in [1.82, 2.24) is 4.90 Å². The Kier molecular flexibility index (Phi) is 3.92. The summed E-state index contributed by atoms with van der Waals surface area (Å²) in [6.45, 7) is 0.984. The molecule has 3 rings (SSSR count). The number of ether oxygens (including phenoxy) is 1. The van der Waals surface area contributed by atoms with Gasteiger partial charge in [0.05, 0.1) is 12.8 Å². The zero-order valence-corrected chi connectivity index (χ0v) is 12.0. The number of piperidine rings is 2. The lowest BCUT2D eigenvalue weighted by molar-refractivity contribution is 0.0668. The van der Waals surface area contributed by atoms with Crippen LogP contribution in [0.25, 0.3) is 0 Å². The van der Waals surface area contributed by atoms with E-state index < -0.39 is 0 Å². The first-order valence-electron chi connectivity index (χ1n) is 7.38. The third kappa shape index (κ3) is 2.66. The van der Waals surface area contributed by atoms with Crippen molar-refractivity contribution in [3.8, 4) is 5.75 Å². The van der Waals surface area contributed by atoms with Crippen molar-refractivity contribution < 1.29 is 9.94 Å². The smallest absolute Gasteiger partial charge is 0.118 e. The largest absolute Gasteiger partial charge is 0.497 e. The molecule has 0 amide bonds. The Balaban J connectivity index is 1.73. The maximum atomic E-state index is 9.04. The van der Waals surface area contributed by atoms with Gasteiger partial charge in [-0.05, 0) is 30.5 Å². The van der Waals surface area contributed by atoms with E-state index in [4.69, 9.17) is 9.94 Å². The van der Waals surface area contributed by atoms with Crippen LogP contribution < -0.4 is 4.74 Å². The summed E-state index contributed by atoms with van der Waals surface area (Å²) in [6.07, 6.45) is 5.57. The molecule has 1 N–H and O–H groups in total. The highest BCUT2D eigenvalue weighted by molar-refractivity contribution is 5.85. The summed E-state index contributed by atoms with van der Waals surface area (Å²) in [6, 6.07) is 9.41. The standard InChI is InChI=1S/C16H22N2O2/c1-20-16-7-5-12(6-8-16)11-18-14-3-2-4-15(18)10-13(9-14)17-19/h5-8,14-15,19H,2-4,9-11H2,1H3/t14-,15+. The van der Waals surface area contributed by atoms with Gasteiger partial charge in [0.15, 0.2) is 0 Å². The average molecular weight is 274 g/mol. The van der Waals surface area contributed by atoms with Crippen LogP contribution >= 0.6 is 0 Å². The van der Waals surface area contributed by atoms with Crippen LogP contribution in [0.4, 0.5) is 0 Å². The van der Waals surface area contributed by atoms with Crippen LogP contribution in [0.1, 0.15) is 37.7 Å². The number of methoxy groups -OCH3 is 1. The summed E-state index contributed by atoms with van der Waals surface area (Å²) < 4.78 is 5.21. The molecule has 0 spiro atoms. The molecule has 2 fully saturated rings. The van der Waals surface area contributed by atoms with Gasteiger partial charge in [-0.15, -0.1) is 0 Å². The fourth-order valence-corrected chi connectivity index (χ4v) is 3.57. The van der Waals surface area contributed by atoms with E-state index >= 15 is 0 Å². The van der Waals surface area contributed by atoms with Crippen LogP contribution in [0.15, 0.2) is 29.4 Å². The van der Waals surface area contributed by atoms with E-state index in [-0.39, 0.29) is 0 Å². The molecule has 4 nitrogen and oxygen atoms in total. The predicted molar refractivity (Wildman–Crippen MR) is 78.4 cm³/mol. The van der Waals surface area contributed by atoms with Crippen LogP contribution in [0.5, 0.6) is 5.75 Å². The Bertz CT molecular complexity index is 468. The van der Waals surface area contributed by atoms with Gasteiger partial charge in [-0.1, -0.05) is 23.7 Å². The molecule has 0 aromatic heterocycles. The van der Waals surface area contributed by atoms with Crippen LogP contribution in [0.2, 0.25) is 0 Å². The number of oxime groups is 1. The van der Waals surface area contributed by atoms with Crippen LogP contribution in [-0.4, -0.2) is 35.0 Å². The summed E-state index contributed by atoms with van der Waals surface area (Å²) in [5, 5.41) is 12.5. The first-order chi connectivity index (χ1) is 9.80. The van der Waals surface area contributed by atoms with E-state index in [1.54, 1.807) is 7.11 Å². The minimum absolute atomic E-state index is 0.538. The van der Waals surface area contributed by atoms with Crippen molar-refractivity contribution in [3.63, 3.8) is 0 Å². The molecule has 108 valence electrons. The Morgan fingerprint density at radius 2 is 1.85 bits per heavy atom. The predicted octanol–water partition coefficient (Wildman–Crippen LogP) is 3.04. The van der Waals surface area contributed by atoms with E-state index in [2.05, 4.69) is 22.2 Å². The quantitative estimate of drug-likeness (QED) is 0.680. The Labute approximate surface area is 120 Å². The molecule has 20 heavy (non-hydrogen) atoms. The van der Waals surface area contributed by atoms with Gasteiger partial charge in [0.2, 0.25) is 0 Å². The second-order valence-corrected chi connectivity index (χ2v) is 5.83. The lowest BCUT2D eigenvalue weighted by Gasteiger charge is -2.46. The molecule has 1 aromatic carbocycles. The van der Waals surface area contributed by atoms with Gasteiger partial charge in [-0.25, -0.2) is 0 Å².